The number of aromatic nitrogens is 1. The molecule has 1 fully saturated rings. The molecule has 23 heavy (non-hydrogen) atoms. The lowest BCUT2D eigenvalue weighted by Crippen LogP contribution is -2.44. The van der Waals surface area contributed by atoms with E-state index in [2.05, 4.69) is 9.88 Å². The van der Waals surface area contributed by atoms with Crippen LogP contribution in [-0.4, -0.2) is 52.4 Å². The molecule has 1 aromatic rings. The molecule has 1 amide bonds. The van der Waals surface area contributed by atoms with Gasteiger partial charge in [0.2, 0.25) is 0 Å². The normalized spacial score (nSPS) is 18.1. The van der Waals surface area contributed by atoms with Gasteiger partial charge in [0.05, 0.1) is 12.6 Å². The average Bonchev–Trinajstić information content (AvgIpc) is 2.95. The molecule has 128 valence electrons. The van der Waals surface area contributed by atoms with Gasteiger partial charge in [0.15, 0.2) is 0 Å². The second-order valence-electron chi connectivity index (χ2n) is 6.80. The van der Waals surface area contributed by atoms with Gasteiger partial charge in [-0.2, -0.15) is 0 Å². The topological polar surface area (TPSA) is 65.9 Å². The Balaban J connectivity index is 2.07. The maximum absolute atomic E-state index is 12.4. The highest BCUT2D eigenvalue weighted by atomic mass is 16.6. The summed E-state index contributed by atoms with van der Waals surface area (Å²) in [5.74, 6) is 0.803. The molecule has 1 aliphatic heterocycles. The molecule has 0 spiro atoms. The number of pyridine rings is 1. The summed E-state index contributed by atoms with van der Waals surface area (Å²) in [5.41, 5.74) is 0.321. The molecule has 1 N–H and O–H groups in total. The number of hydrogen-bond acceptors (Lipinski definition) is 5. The largest absolute Gasteiger partial charge is 0.444 e. The molecule has 0 saturated carbocycles. The number of aliphatic hydroxyl groups is 1. The van der Waals surface area contributed by atoms with Crippen LogP contribution < -0.4 is 4.90 Å². The Morgan fingerprint density at radius 3 is 2.87 bits per heavy atom. The third-order valence-corrected chi connectivity index (χ3v) is 3.91. The Morgan fingerprint density at radius 1 is 1.52 bits per heavy atom. The van der Waals surface area contributed by atoms with Gasteiger partial charge in [0.1, 0.15) is 11.4 Å². The van der Waals surface area contributed by atoms with Crippen molar-refractivity contribution in [2.24, 2.45) is 0 Å². The van der Waals surface area contributed by atoms with E-state index < -0.39 is 5.60 Å². The van der Waals surface area contributed by atoms with Gasteiger partial charge in [-0.1, -0.05) is 6.07 Å². The molecule has 2 rings (SSSR count). The van der Waals surface area contributed by atoms with Crippen LogP contribution in [0.4, 0.5) is 10.6 Å². The molecule has 1 atom stereocenters. The predicted molar refractivity (Wildman–Crippen MR) is 89.4 cm³/mol. The molecule has 0 aliphatic carbocycles. The van der Waals surface area contributed by atoms with Crippen molar-refractivity contribution in [1.29, 1.82) is 0 Å². The fourth-order valence-corrected chi connectivity index (χ4v) is 2.88. The third-order valence-electron chi connectivity index (χ3n) is 3.91. The molecule has 0 radical (unpaired) electrons. The van der Waals surface area contributed by atoms with Crippen LogP contribution >= 0.6 is 0 Å². The minimum absolute atomic E-state index is 0.0338. The number of hydrogen-bond donors (Lipinski definition) is 1. The highest BCUT2D eigenvalue weighted by molar-refractivity contribution is 5.69. The predicted octanol–water partition coefficient (Wildman–Crippen LogP) is 2.41. The molecule has 2 heterocycles. The van der Waals surface area contributed by atoms with Crippen LogP contribution in [0.3, 0.4) is 0 Å². The number of anilines is 1. The number of amides is 1. The number of ether oxygens (including phenoxy) is 1. The van der Waals surface area contributed by atoms with Gasteiger partial charge in [-0.3, -0.25) is 0 Å². The van der Waals surface area contributed by atoms with Gasteiger partial charge < -0.3 is 19.6 Å². The Kier molecular flexibility index (Phi) is 5.46. The molecule has 0 bridgehead atoms. The first-order valence-corrected chi connectivity index (χ1v) is 8.15. The third kappa shape index (κ3) is 4.34. The van der Waals surface area contributed by atoms with E-state index in [9.17, 15) is 9.90 Å². The molecule has 1 unspecified atom stereocenters. The maximum atomic E-state index is 12.4. The number of carbonyl (C=O) groups excluding carboxylic acids is 1. The summed E-state index contributed by atoms with van der Waals surface area (Å²) in [4.78, 5) is 20.7. The van der Waals surface area contributed by atoms with Gasteiger partial charge in [-0.15, -0.1) is 0 Å². The summed E-state index contributed by atoms with van der Waals surface area (Å²) in [7, 11) is 0. The van der Waals surface area contributed by atoms with E-state index in [4.69, 9.17) is 4.74 Å². The maximum Gasteiger partial charge on any atom is 0.410 e. The first-order chi connectivity index (χ1) is 10.9. The van der Waals surface area contributed by atoms with Crippen LogP contribution in [0, 0.1) is 0 Å². The number of carbonyl (C=O) groups is 1. The van der Waals surface area contributed by atoms with Crippen LogP contribution in [-0.2, 0) is 11.3 Å². The van der Waals surface area contributed by atoms with E-state index in [0.29, 0.717) is 13.1 Å². The van der Waals surface area contributed by atoms with E-state index in [1.54, 1.807) is 11.1 Å². The number of nitrogens with zero attached hydrogens (tertiary/aromatic N) is 3. The molecule has 6 heteroatoms. The number of aliphatic hydroxyl groups excluding tert-OH is 1. The Hall–Kier alpha value is -1.82. The highest BCUT2D eigenvalue weighted by Gasteiger charge is 2.33. The van der Waals surface area contributed by atoms with Crippen LogP contribution in [0.2, 0.25) is 0 Å². The van der Waals surface area contributed by atoms with Crippen molar-refractivity contribution >= 4 is 11.9 Å². The van der Waals surface area contributed by atoms with E-state index >= 15 is 0 Å². The minimum atomic E-state index is -0.492. The molecule has 1 aromatic heterocycles. The highest BCUT2D eigenvalue weighted by Crippen LogP contribution is 2.25. The SMILES string of the molecule is CCN(C(=O)OC(C)(C)C)C1CCN(c2ncccc2CO)C1. The Labute approximate surface area is 138 Å². The Bertz CT molecular complexity index is 542. The van der Waals surface area contributed by atoms with Crippen molar-refractivity contribution in [2.75, 3.05) is 24.5 Å². The van der Waals surface area contributed by atoms with E-state index in [0.717, 1.165) is 24.3 Å². The summed E-state index contributed by atoms with van der Waals surface area (Å²) < 4.78 is 5.50. The first kappa shape index (κ1) is 17.5. The number of rotatable bonds is 4. The van der Waals surface area contributed by atoms with Crippen LogP contribution in [0.5, 0.6) is 0 Å². The van der Waals surface area contributed by atoms with Gasteiger partial charge in [-0.05, 0) is 40.2 Å². The molecular weight excluding hydrogens is 294 g/mol. The van der Waals surface area contributed by atoms with Gasteiger partial charge in [-0.25, -0.2) is 9.78 Å². The quantitative estimate of drug-likeness (QED) is 0.922. The van der Waals surface area contributed by atoms with E-state index in [-0.39, 0.29) is 18.7 Å². The smallest absolute Gasteiger partial charge is 0.410 e. The van der Waals surface area contributed by atoms with Crippen LogP contribution in [0.1, 0.15) is 39.7 Å². The van der Waals surface area contributed by atoms with Crippen LogP contribution in [0.15, 0.2) is 18.3 Å². The fourth-order valence-electron chi connectivity index (χ4n) is 2.88. The minimum Gasteiger partial charge on any atom is -0.444 e. The van der Waals surface area contributed by atoms with Crippen LogP contribution in [0.25, 0.3) is 0 Å². The van der Waals surface area contributed by atoms with Crippen molar-refractivity contribution in [3.8, 4) is 0 Å². The van der Waals surface area contributed by atoms with Crippen molar-refractivity contribution in [1.82, 2.24) is 9.88 Å². The van der Waals surface area contributed by atoms with E-state index in [1.165, 1.54) is 0 Å². The zero-order chi connectivity index (χ0) is 17.0. The molecular formula is C17H27N3O3. The molecule has 0 aromatic carbocycles. The summed E-state index contributed by atoms with van der Waals surface area (Å²) in [6.07, 6.45) is 2.33. The second-order valence-corrected chi connectivity index (χ2v) is 6.80. The number of likely N-dealkylation sites (N-methyl/N-ethyl adjacent to an activating group) is 1. The fraction of sp³-hybridized carbons (Fsp3) is 0.647. The Morgan fingerprint density at radius 2 is 2.26 bits per heavy atom. The summed E-state index contributed by atoms with van der Waals surface area (Å²) in [5, 5.41) is 9.46. The zero-order valence-corrected chi connectivity index (χ0v) is 14.5. The van der Waals surface area contributed by atoms with Crippen molar-refractivity contribution < 1.29 is 14.6 Å². The lowest BCUT2D eigenvalue weighted by atomic mass is 10.2. The zero-order valence-electron chi connectivity index (χ0n) is 14.5. The van der Waals surface area contributed by atoms with Crippen molar-refractivity contribution in [3.63, 3.8) is 0 Å². The van der Waals surface area contributed by atoms with Crippen molar-refractivity contribution in [3.05, 3.63) is 23.9 Å². The van der Waals surface area contributed by atoms with Gasteiger partial charge in [0.25, 0.3) is 0 Å². The second kappa shape index (κ2) is 7.17. The molecule has 1 saturated heterocycles. The summed E-state index contributed by atoms with van der Waals surface area (Å²) in [6.45, 7) is 9.69. The molecule has 1 aliphatic rings. The monoisotopic (exact) mass is 321 g/mol. The first-order valence-electron chi connectivity index (χ1n) is 8.15. The van der Waals surface area contributed by atoms with Gasteiger partial charge >= 0.3 is 6.09 Å². The molecule has 6 nitrogen and oxygen atoms in total. The lowest BCUT2D eigenvalue weighted by molar-refractivity contribution is 0.0191. The summed E-state index contributed by atoms with van der Waals surface area (Å²) in [6, 6.07) is 3.80. The standard InChI is InChI=1S/C17H27N3O3/c1-5-20(16(22)23-17(2,3)4)14-8-10-19(11-14)15-13(12-21)7-6-9-18-15/h6-7,9,14,21H,5,8,10-12H2,1-4H3. The lowest BCUT2D eigenvalue weighted by Gasteiger charge is -2.31. The van der Waals surface area contributed by atoms with E-state index in [1.807, 2.05) is 39.8 Å². The average molecular weight is 321 g/mol. The summed E-state index contributed by atoms with van der Waals surface area (Å²) >= 11 is 0. The van der Waals surface area contributed by atoms with Gasteiger partial charge in [0, 0.05) is 31.4 Å². The van der Waals surface area contributed by atoms with Crippen molar-refractivity contribution in [2.45, 2.75) is 52.4 Å².